The maximum atomic E-state index is 12.1. The monoisotopic (exact) mass is 322 g/mol. The van der Waals surface area contributed by atoms with E-state index in [1.807, 2.05) is 36.0 Å². The maximum absolute atomic E-state index is 12.1. The zero-order valence-corrected chi connectivity index (χ0v) is 12.9. The predicted molar refractivity (Wildman–Crippen MR) is 86.9 cm³/mol. The summed E-state index contributed by atoms with van der Waals surface area (Å²) in [5, 5.41) is 6.30. The van der Waals surface area contributed by atoms with Crippen LogP contribution in [0.4, 0.5) is 5.82 Å². The zero-order chi connectivity index (χ0) is 14.7. The number of hydrogen-bond acceptors (Lipinski definition) is 5. The topological polar surface area (TPSA) is 66.9 Å². The highest BCUT2D eigenvalue weighted by Gasteiger charge is 2.18. The van der Waals surface area contributed by atoms with E-state index in [0.29, 0.717) is 23.3 Å². The molecular weight excluding hydrogens is 308 g/mol. The molecule has 2 N–H and O–H groups in total. The number of halogens is 1. The van der Waals surface area contributed by atoms with Gasteiger partial charge < -0.3 is 10.6 Å². The molecule has 0 spiro atoms. The van der Waals surface area contributed by atoms with E-state index < -0.39 is 0 Å². The lowest BCUT2D eigenvalue weighted by Crippen LogP contribution is -2.40. The van der Waals surface area contributed by atoms with Crippen LogP contribution in [-0.4, -0.2) is 40.0 Å². The highest BCUT2D eigenvalue weighted by molar-refractivity contribution is 7.99. The Labute approximate surface area is 131 Å². The molecule has 21 heavy (non-hydrogen) atoms. The summed E-state index contributed by atoms with van der Waals surface area (Å²) in [5.74, 6) is 2.27. The number of hydrogen-bond donors (Lipinski definition) is 2. The minimum absolute atomic E-state index is 0.0959. The predicted octanol–water partition coefficient (Wildman–Crippen LogP) is 2.32. The summed E-state index contributed by atoms with van der Waals surface area (Å²) in [7, 11) is 0. The number of carbonyl (C=O) groups is 1. The third-order valence-electron chi connectivity index (χ3n) is 3.22. The van der Waals surface area contributed by atoms with E-state index in [1.54, 1.807) is 0 Å². The third-order valence-corrected chi connectivity index (χ3v) is 4.61. The summed E-state index contributed by atoms with van der Waals surface area (Å²) in [6, 6.07) is 7.63. The lowest BCUT2D eigenvalue weighted by atomic mass is 10.2. The Morgan fingerprint density at radius 1 is 1.38 bits per heavy atom. The lowest BCUT2D eigenvalue weighted by Gasteiger charge is -2.22. The molecule has 1 aromatic carbocycles. The number of thioether (sulfide) groups is 1. The molecule has 3 rings (SSSR count). The van der Waals surface area contributed by atoms with E-state index in [0.717, 1.165) is 18.1 Å². The SMILES string of the molecule is O=C(CC1CSCCN1)Nc1nc2ccccc2nc1Cl. The molecular formula is C14H15ClN4OS. The van der Waals surface area contributed by atoms with Crippen molar-refractivity contribution in [3.8, 4) is 0 Å². The molecule has 2 heterocycles. The van der Waals surface area contributed by atoms with Gasteiger partial charge >= 0.3 is 0 Å². The van der Waals surface area contributed by atoms with Crippen LogP contribution in [0.25, 0.3) is 11.0 Å². The summed E-state index contributed by atoms with van der Waals surface area (Å²) in [4.78, 5) is 20.7. The van der Waals surface area contributed by atoms with Gasteiger partial charge in [0, 0.05) is 30.5 Å². The number of nitrogens with one attached hydrogen (secondary N) is 2. The number of nitrogens with zero attached hydrogens (tertiary/aromatic N) is 2. The minimum Gasteiger partial charge on any atom is -0.312 e. The molecule has 0 bridgehead atoms. The largest absolute Gasteiger partial charge is 0.312 e. The molecule has 0 saturated carbocycles. The second-order valence-corrected chi connectivity index (χ2v) is 6.34. The Kier molecular flexibility index (Phi) is 4.57. The van der Waals surface area contributed by atoms with Crippen LogP contribution >= 0.6 is 23.4 Å². The van der Waals surface area contributed by atoms with Crippen molar-refractivity contribution < 1.29 is 4.79 Å². The number of amides is 1. The Morgan fingerprint density at radius 2 is 2.14 bits per heavy atom. The van der Waals surface area contributed by atoms with Crippen molar-refractivity contribution in [2.24, 2.45) is 0 Å². The number of carbonyl (C=O) groups excluding carboxylic acids is 1. The van der Waals surface area contributed by atoms with Crippen molar-refractivity contribution in [3.05, 3.63) is 29.4 Å². The van der Waals surface area contributed by atoms with E-state index >= 15 is 0 Å². The van der Waals surface area contributed by atoms with Crippen molar-refractivity contribution >= 4 is 46.1 Å². The summed E-state index contributed by atoms with van der Waals surface area (Å²) in [5.41, 5.74) is 1.43. The minimum atomic E-state index is -0.0959. The fraction of sp³-hybridized carbons (Fsp3) is 0.357. The van der Waals surface area contributed by atoms with Crippen LogP contribution in [0.5, 0.6) is 0 Å². The van der Waals surface area contributed by atoms with E-state index in [2.05, 4.69) is 20.6 Å². The van der Waals surface area contributed by atoms with Crippen molar-refractivity contribution in [2.75, 3.05) is 23.4 Å². The molecule has 1 amide bonds. The van der Waals surface area contributed by atoms with Gasteiger partial charge in [-0.3, -0.25) is 4.79 Å². The lowest BCUT2D eigenvalue weighted by molar-refractivity contribution is -0.116. The number of anilines is 1. The maximum Gasteiger partial charge on any atom is 0.227 e. The summed E-state index contributed by atoms with van der Waals surface area (Å²) in [6.45, 7) is 0.944. The molecule has 1 saturated heterocycles. The molecule has 2 aromatic rings. The molecule has 5 nitrogen and oxygen atoms in total. The quantitative estimate of drug-likeness (QED) is 0.907. The van der Waals surface area contributed by atoms with Gasteiger partial charge in [-0.1, -0.05) is 23.7 Å². The number of aromatic nitrogens is 2. The smallest absolute Gasteiger partial charge is 0.227 e. The average molecular weight is 323 g/mol. The molecule has 1 atom stereocenters. The van der Waals surface area contributed by atoms with Gasteiger partial charge in [0.15, 0.2) is 11.0 Å². The Bertz CT molecular complexity index is 660. The first-order chi connectivity index (χ1) is 10.2. The van der Waals surface area contributed by atoms with E-state index in [4.69, 9.17) is 11.6 Å². The van der Waals surface area contributed by atoms with Gasteiger partial charge in [-0.2, -0.15) is 11.8 Å². The standard InChI is InChI=1S/C14H15ClN4OS/c15-13-14(18-11-4-2-1-3-10(11)17-13)19-12(20)7-9-8-21-6-5-16-9/h1-4,9,16H,5-8H2,(H,18,19,20). The van der Waals surface area contributed by atoms with Crippen molar-refractivity contribution in [1.82, 2.24) is 15.3 Å². The molecule has 110 valence electrons. The fourth-order valence-electron chi connectivity index (χ4n) is 2.22. The first-order valence-corrected chi connectivity index (χ1v) is 8.29. The highest BCUT2D eigenvalue weighted by Crippen LogP contribution is 2.21. The normalized spacial score (nSPS) is 18.6. The van der Waals surface area contributed by atoms with E-state index in [1.165, 1.54) is 0 Å². The number of rotatable bonds is 3. The molecule has 0 radical (unpaired) electrons. The van der Waals surface area contributed by atoms with Crippen LogP contribution in [0, 0.1) is 0 Å². The molecule has 1 aliphatic heterocycles. The van der Waals surface area contributed by atoms with E-state index in [9.17, 15) is 4.79 Å². The Morgan fingerprint density at radius 3 is 2.86 bits per heavy atom. The van der Waals surface area contributed by atoms with Crippen molar-refractivity contribution in [3.63, 3.8) is 0 Å². The summed E-state index contributed by atoms with van der Waals surface area (Å²) in [6.07, 6.45) is 0.415. The van der Waals surface area contributed by atoms with Crippen LogP contribution < -0.4 is 10.6 Å². The molecule has 0 aliphatic carbocycles. The van der Waals surface area contributed by atoms with Gasteiger partial charge in [-0.15, -0.1) is 0 Å². The second kappa shape index (κ2) is 6.60. The first kappa shape index (κ1) is 14.6. The average Bonchev–Trinajstić information content (AvgIpc) is 2.49. The van der Waals surface area contributed by atoms with Gasteiger partial charge in [0.1, 0.15) is 0 Å². The third kappa shape index (κ3) is 3.64. The molecule has 1 aromatic heterocycles. The van der Waals surface area contributed by atoms with Crippen LogP contribution in [0.1, 0.15) is 6.42 Å². The van der Waals surface area contributed by atoms with Gasteiger partial charge in [-0.05, 0) is 12.1 Å². The number of benzene rings is 1. The van der Waals surface area contributed by atoms with Gasteiger partial charge in [0.05, 0.1) is 11.0 Å². The second-order valence-electron chi connectivity index (χ2n) is 4.83. The van der Waals surface area contributed by atoms with Gasteiger partial charge in [0.25, 0.3) is 0 Å². The molecule has 1 aliphatic rings. The molecule has 1 fully saturated rings. The number of fused-ring (bicyclic) bond motifs is 1. The van der Waals surface area contributed by atoms with Crippen LogP contribution in [0.2, 0.25) is 5.15 Å². The zero-order valence-electron chi connectivity index (χ0n) is 11.3. The van der Waals surface area contributed by atoms with Gasteiger partial charge in [-0.25, -0.2) is 9.97 Å². The molecule has 1 unspecified atom stereocenters. The van der Waals surface area contributed by atoms with Gasteiger partial charge in [0.2, 0.25) is 5.91 Å². The van der Waals surface area contributed by atoms with Crippen molar-refractivity contribution in [2.45, 2.75) is 12.5 Å². The highest BCUT2D eigenvalue weighted by atomic mass is 35.5. The van der Waals surface area contributed by atoms with Crippen LogP contribution in [0.15, 0.2) is 24.3 Å². The fourth-order valence-corrected chi connectivity index (χ4v) is 3.35. The summed E-state index contributed by atoms with van der Waals surface area (Å²) < 4.78 is 0. The summed E-state index contributed by atoms with van der Waals surface area (Å²) >= 11 is 7.94. The van der Waals surface area contributed by atoms with Crippen LogP contribution in [0.3, 0.4) is 0 Å². The van der Waals surface area contributed by atoms with Crippen LogP contribution in [-0.2, 0) is 4.79 Å². The molecule has 7 heteroatoms. The van der Waals surface area contributed by atoms with E-state index in [-0.39, 0.29) is 17.1 Å². The Balaban J connectivity index is 1.71. The number of para-hydroxylation sites is 2. The van der Waals surface area contributed by atoms with Crippen molar-refractivity contribution in [1.29, 1.82) is 0 Å². The Hall–Kier alpha value is -1.37. The first-order valence-electron chi connectivity index (χ1n) is 6.75.